The Morgan fingerprint density at radius 3 is 2.48 bits per heavy atom. The van der Waals surface area contributed by atoms with E-state index in [0.29, 0.717) is 5.90 Å². The van der Waals surface area contributed by atoms with Crippen LogP contribution in [0.25, 0.3) is 17.0 Å². The Morgan fingerprint density at radius 1 is 0.903 bits per heavy atom. The van der Waals surface area contributed by atoms with Crippen LogP contribution in [-0.4, -0.2) is 16.9 Å². The number of carbonyl (C=O) groups is 1. The van der Waals surface area contributed by atoms with Gasteiger partial charge in [-0.2, -0.15) is 0 Å². The zero-order valence-electron chi connectivity index (χ0n) is 16.8. The van der Waals surface area contributed by atoms with Crippen LogP contribution in [0, 0.1) is 6.92 Å². The second-order valence-corrected chi connectivity index (χ2v) is 8.20. The Hall–Kier alpha value is -3.70. The molecule has 0 unspecified atom stereocenters. The second-order valence-electron chi connectivity index (χ2n) is 7.14. The Labute approximate surface area is 184 Å². The van der Waals surface area contributed by atoms with Crippen molar-refractivity contribution in [3.63, 3.8) is 0 Å². The summed E-state index contributed by atoms with van der Waals surface area (Å²) in [6.45, 7) is 1.97. The lowest BCUT2D eigenvalue weighted by Gasteiger charge is -2.08. The summed E-state index contributed by atoms with van der Waals surface area (Å²) in [6.07, 6.45) is 1.76. The normalized spacial score (nSPS) is 14.7. The van der Waals surface area contributed by atoms with E-state index in [1.165, 1.54) is 0 Å². The van der Waals surface area contributed by atoms with Gasteiger partial charge in [-0.1, -0.05) is 66.4 Å². The molecule has 5 heteroatoms. The summed E-state index contributed by atoms with van der Waals surface area (Å²) in [4.78, 5) is 23.0. The van der Waals surface area contributed by atoms with Crippen molar-refractivity contribution in [2.24, 2.45) is 4.99 Å². The number of para-hydroxylation sites is 1. The lowest BCUT2D eigenvalue weighted by atomic mass is 10.1. The predicted octanol–water partition coefficient (Wildman–Crippen LogP) is 6.04. The Balaban J connectivity index is 1.60. The first-order valence-corrected chi connectivity index (χ1v) is 10.7. The van der Waals surface area contributed by atoms with E-state index in [0.717, 1.165) is 37.5 Å². The fourth-order valence-corrected chi connectivity index (χ4v) is 4.28. The largest absolute Gasteiger partial charge is 0.402 e. The highest BCUT2D eigenvalue weighted by Crippen LogP contribution is 2.33. The van der Waals surface area contributed by atoms with Crippen molar-refractivity contribution in [3.8, 4) is 0 Å². The molecule has 2 heterocycles. The lowest BCUT2D eigenvalue weighted by molar-refractivity contribution is -0.129. The van der Waals surface area contributed by atoms with Crippen molar-refractivity contribution in [3.05, 3.63) is 107 Å². The first-order chi connectivity index (χ1) is 15.2. The maximum atomic E-state index is 12.6. The molecule has 1 aliphatic rings. The van der Waals surface area contributed by atoms with Gasteiger partial charge >= 0.3 is 5.97 Å². The maximum Gasteiger partial charge on any atom is 0.363 e. The van der Waals surface area contributed by atoms with Gasteiger partial charge in [0.15, 0.2) is 5.70 Å². The van der Waals surface area contributed by atoms with Crippen molar-refractivity contribution < 1.29 is 9.53 Å². The van der Waals surface area contributed by atoms with Crippen molar-refractivity contribution in [1.29, 1.82) is 0 Å². The van der Waals surface area contributed by atoms with Crippen molar-refractivity contribution >= 4 is 40.6 Å². The molecule has 0 fully saturated rings. The van der Waals surface area contributed by atoms with Crippen LogP contribution >= 0.6 is 11.8 Å². The number of rotatable bonds is 4. The van der Waals surface area contributed by atoms with Crippen LogP contribution in [0.15, 0.2) is 106 Å². The monoisotopic (exact) mass is 422 g/mol. The molecule has 0 N–H and O–H groups in total. The molecule has 0 atom stereocenters. The number of carbonyl (C=O) groups excluding carboxylic acids is 1. The molecule has 3 aromatic carbocycles. The van der Waals surface area contributed by atoms with E-state index < -0.39 is 5.97 Å². The topological polar surface area (TPSA) is 51.5 Å². The molecule has 0 spiro atoms. The van der Waals surface area contributed by atoms with Crippen molar-refractivity contribution in [2.75, 3.05) is 0 Å². The first-order valence-electron chi connectivity index (χ1n) is 9.89. The minimum Gasteiger partial charge on any atom is -0.402 e. The summed E-state index contributed by atoms with van der Waals surface area (Å²) in [5, 5.41) is 1.81. The SMILES string of the molecule is Cc1ccccc1C1=NC(=Cc2cc3ccccc3nc2Sc2ccccc2)C(=O)O1. The summed E-state index contributed by atoms with van der Waals surface area (Å²) in [7, 11) is 0. The highest BCUT2D eigenvalue weighted by atomic mass is 32.2. The lowest BCUT2D eigenvalue weighted by Crippen LogP contribution is -2.06. The molecule has 4 aromatic rings. The van der Waals surface area contributed by atoms with Gasteiger partial charge in [0.25, 0.3) is 0 Å². The van der Waals surface area contributed by atoms with Gasteiger partial charge in [0.05, 0.1) is 5.52 Å². The van der Waals surface area contributed by atoms with Gasteiger partial charge in [-0.15, -0.1) is 0 Å². The van der Waals surface area contributed by atoms with Gasteiger partial charge in [0, 0.05) is 21.4 Å². The number of hydrogen-bond acceptors (Lipinski definition) is 5. The number of ether oxygens (including phenoxy) is 1. The molecule has 31 heavy (non-hydrogen) atoms. The van der Waals surface area contributed by atoms with E-state index in [1.54, 1.807) is 17.8 Å². The molecule has 0 saturated carbocycles. The number of cyclic esters (lactones) is 1. The average molecular weight is 423 g/mol. The van der Waals surface area contributed by atoms with Gasteiger partial charge in [0.2, 0.25) is 5.90 Å². The van der Waals surface area contributed by atoms with E-state index in [2.05, 4.69) is 4.99 Å². The van der Waals surface area contributed by atoms with Gasteiger partial charge in [-0.3, -0.25) is 0 Å². The molecule has 0 saturated heterocycles. The van der Waals surface area contributed by atoms with E-state index in [4.69, 9.17) is 9.72 Å². The summed E-state index contributed by atoms with van der Waals surface area (Å²) in [5.74, 6) is -0.123. The average Bonchev–Trinajstić information content (AvgIpc) is 3.15. The molecule has 150 valence electrons. The molecular formula is C26H18N2O2S. The van der Waals surface area contributed by atoms with E-state index in [-0.39, 0.29) is 5.70 Å². The summed E-state index contributed by atoms with van der Waals surface area (Å²) in [5.41, 5.74) is 3.82. The van der Waals surface area contributed by atoms with Gasteiger partial charge in [0.1, 0.15) is 5.03 Å². The zero-order valence-corrected chi connectivity index (χ0v) is 17.6. The molecule has 0 radical (unpaired) electrons. The summed E-state index contributed by atoms with van der Waals surface area (Å²) in [6, 6.07) is 27.7. The van der Waals surface area contributed by atoms with E-state index in [9.17, 15) is 4.79 Å². The minimum absolute atomic E-state index is 0.269. The fourth-order valence-electron chi connectivity index (χ4n) is 3.38. The number of benzene rings is 3. The maximum absolute atomic E-state index is 12.6. The van der Waals surface area contributed by atoms with Crippen molar-refractivity contribution in [1.82, 2.24) is 4.98 Å². The number of nitrogens with zero attached hydrogens (tertiary/aromatic N) is 2. The Bertz CT molecular complexity index is 1360. The highest BCUT2D eigenvalue weighted by Gasteiger charge is 2.25. The van der Waals surface area contributed by atoms with E-state index in [1.807, 2.05) is 91.9 Å². The number of esters is 1. The highest BCUT2D eigenvalue weighted by molar-refractivity contribution is 7.99. The van der Waals surface area contributed by atoms with E-state index >= 15 is 0 Å². The predicted molar refractivity (Wildman–Crippen MR) is 124 cm³/mol. The molecular weight excluding hydrogens is 404 g/mol. The first kappa shape index (κ1) is 19.3. The zero-order chi connectivity index (χ0) is 21.2. The third-order valence-corrected chi connectivity index (χ3v) is 5.99. The van der Waals surface area contributed by atoms with Crippen LogP contribution in [0.3, 0.4) is 0 Å². The van der Waals surface area contributed by atoms with Gasteiger partial charge in [-0.05, 0) is 48.9 Å². The van der Waals surface area contributed by atoms with Crippen LogP contribution in [0.5, 0.6) is 0 Å². The number of pyridine rings is 1. The number of fused-ring (bicyclic) bond motifs is 1. The molecule has 4 nitrogen and oxygen atoms in total. The Kier molecular flexibility index (Phi) is 5.10. The van der Waals surface area contributed by atoms with Gasteiger partial charge < -0.3 is 4.74 Å². The van der Waals surface area contributed by atoms with Crippen LogP contribution in [0.2, 0.25) is 0 Å². The number of aromatic nitrogens is 1. The molecule has 5 rings (SSSR count). The van der Waals surface area contributed by atoms with Gasteiger partial charge in [-0.25, -0.2) is 14.8 Å². The number of aryl methyl sites for hydroxylation is 1. The smallest absolute Gasteiger partial charge is 0.363 e. The third kappa shape index (κ3) is 4.00. The van der Waals surface area contributed by atoms with Crippen LogP contribution in [-0.2, 0) is 9.53 Å². The number of aliphatic imine (C=N–C) groups is 1. The molecule has 1 aliphatic heterocycles. The minimum atomic E-state index is -0.456. The van der Waals surface area contributed by atoms with Crippen LogP contribution < -0.4 is 0 Å². The molecule has 0 bridgehead atoms. The van der Waals surface area contributed by atoms with Crippen molar-refractivity contribution in [2.45, 2.75) is 16.8 Å². The summed E-state index contributed by atoms with van der Waals surface area (Å²) >= 11 is 1.56. The quantitative estimate of drug-likeness (QED) is 0.297. The Morgan fingerprint density at radius 2 is 1.65 bits per heavy atom. The third-order valence-electron chi connectivity index (χ3n) is 4.96. The number of hydrogen-bond donors (Lipinski definition) is 0. The molecule has 1 aromatic heterocycles. The summed E-state index contributed by atoms with van der Waals surface area (Å²) < 4.78 is 5.47. The second kappa shape index (κ2) is 8.20. The van der Waals surface area contributed by atoms with Crippen LogP contribution in [0.4, 0.5) is 0 Å². The fraction of sp³-hybridized carbons (Fsp3) is 0.0385. The molecule has 0 aliphatic carbocycles. The standard InChI is InChI=1S/C26H18N2O2S/c1-17-9-5-7-13-21(17)24-27-23(26(29)30-24)16-19-15-18-10-6-8-14-22(18)28-25(19)31-20-11-3-2-4-12-20/h2-16H,1H3. The molecule has 0 amide bonds. The van der Waals surface area contributed by atoms with Crippen LogP contribution in [0.1, 0.15) is 16.7 Å².